The van der Waals surface area contributed by atoms with Gasteiger partial charge in [0.05, 0.1) is 11.1 Å². The molecule has 2 heterocycles. The maximum Gasteiger partial charge on any atom is 0.433 e. The molecule has 0 aliphatic carbocycles. The number of rotatable bonds is 4. The van der Waals surface area contributed by atoms with Crippen molar-refractivity contribution >= 4 is 11.9 Å². The maximum absolute atomic E-state index is 14.3. The predicted octanol–water partition coefficient (Wildman–Crippen LogP) is 5.88. The Hall–Kier alpha value is -3.27. The van der Waals surface area contributed by atoms with Crippen LogP contribution in [0.5, 0.6) is 0 Å². The second-order valence-electron chi connectivity index (χ2n) is 8.50. The van der Waals surface area contributed by atoms with E-state index in [1.807, 2.05) is 0 Å². The monoisotopic (exact) mass is 568 g/mol. The van der Waals surface area contributed by atoms with Crippen LogP contribution in [0.4, 0.5) is 58.6 Å². The number of hydrogen-bond donors (Lipinski definition) is 1. The molecule has 210 valence electrons. The number of nitrogens with one attached hydrogen (secondary N) is 1. The minimum atomic E-state index is -5.42. The van der Waals surface area contributed by atoms with Gasteiger partial charge in [0.2, 0.25) is 11.9 Å². The van der Waals surface area contributed by atoms with Crippen molar-refractivity contribution in [1.29, 1.82) is 0 Å². The Bertz CT molecular complexity index is 1170. The fourth-order valence-corrected chi connectivity index (χ4v) is 3.99. The summed E-state index contributed by atoms with van der Waals surface area (Å²) in [6.07, 6.45) is -21.9. The molecule has 2 aromatic rings. The first kappa shape index (κ1) is 29.3. The Labute approximate surface area is 205 Å². The third kappa shape index (κ3) is 5.90. The highest BCUT2D eigenvalue weighted by Crippen LogP contribution is 2.50. The van der Waals surface area contributed by atoms with E-state index in [9.17, 15) is 57.5 Å². The van der Waals surface area contributed by atoms with Gasteiger partial charge < -0.3 is 10.2 Å². The van der Waals surface area contributed by atoms with Crippen molar-refractivity contribution in [3.8, 4) is 0 Å². The van der Waals surface area contributed by atoms with Crippen molar-refractivity contribution < 1.29 is 57.5 Å². The topological polar surface area (TPSA) is 58.1 Å². The summed E-state index contributed by atoms with van der Waals surface area (Å²) in [6.45, 7) is -1.74. The van der Waals surface area contributed by atoms with Crippen LogP contribution in [0.2, 0.25) is 0 Å². The molecular formula is C21H16F12N4O. The van der Waals surface area contributed by atoms with Gasteiger partial charge in [0.1, 0.15) is 5.41 Å². The number of hydrogen-bond acceptors (Lipinski definition) is 4. The molecule has 0 radical (unpaired) electrons. The van der Waals surface area contributed by atoms with Crippen LogP contribution in [0.3, 0.4) is 0 Å². The van der Waals surface area contributed by atoms with E-state index in [1.165, 1.54) is 0 Å². The SMILES string of the molecule is CC(=O)NCc1cnc(N2CCC(c3cc(C(F)(F)F)cc(C(F)(F)F)c3)(C(F)(F)F)C2)nc1C(F)(F)F. The van der Waals surface area contributed by atoms with E-state index in [0.29, 0.717) is 11.1 Å². The minimum absolute atomic E-state index is 0.0508. The second kappa shape index (κ2) is 9.48. The highest BCUT2D eigenvalue weighted by molar-refractivity contribution is 5.72. The molecule has 0 bridgehead atoms. The number of alkyl halides is 12. The molecule has 1 saturated heterocycles. The van der Waals surface area contributed by atoms with Crippen LogP contribution in [0, 0.1) is 0 Å². The Kier molecular flexibility index (Phi) is 7.31. The van der Waals surface area contributed by atoms with Gasteiger partial charge in [-0.05, 0) is 30.2 Å². The van der Waals surface area contributed by atoms with Crippen LogP contribution in [-0.2, 0) is 35.3 Å². The lowest BCUT2D eigenvalue weighted by atomic mass is 9.77. The lowest BCUT2D eigenvalue weighted by Crippen LogP contribution is -2.45. The van der Waals surface area contributed by atoms with Gasteiger partial charge in [-0.15, -0.1) is 0 Å². The molecule has 1 N–H and O–H groups in total. The van der Waals surface area contributed by atoms with Crippen molar-refractivity contribution in [2.24, 2.45) is 0 Å². The van der Waals surface area contributed by atoms with Crippen LogP contribution >= 0.6 is 0 Å². The van der Waals surface area contributed by atoms with Gasteiger partial charge in [-0.25, -0.2) is 9.97 Å². The normalized spacial score (nSPS) is 19.1. The second-order valence-corrected chi connectivity index (χ2v) is 8.50. The summed E-state index contributed by atoms with van der Waals surface area (Å²) in [5.41, 5.74) is -10.8. The molecular weight excluding hydrogens is 552 g/mol. The number of carbonyl (C=O) groups is 1. The van der Waals surface area contributed by atoms with Gasteiger partial charge in [0, 0.05) is 38.3 Å². The van der Waals surface area contributed by atoms with Crippen molar-refractivity contribution in [3.05, 3.63) is 52.3 Å². The van der Waals surface area contributed by atoms with E-state index in [-0.39, 0.29) is 18.2 Å². The first-order chi connectivity index (χ1) is 17.1. The molecule has 1 aliphatic rings. The molecule has 1 atom stereocenters. The van der Waals surface area contributed by atoms with Crippen LogP contribution in [-0.4, -0.2) is 35.1 Å². The van der Waals surface area contributed by atoms with E-state index in [4.69, 9.17) is 0 Å². The quantitative estimate of drug-likeness (QED) is 0.469. The van der Waals surface area contributed by atoms with Crippen LogP contribution < -0.4 is 10.2 Å². The molecule has 1 fully saturated rings. The zero-order valence-corrected chi connectivity index (χ0v) is 18.9. The number of aromatic nitrogens is 2. The van der Waals surface area contributed by atoms with Crippen molar-refractivity contribution in [3.63, 3.8) is 0 Å². The maximum atomic E-state index is 14.3. The number of carbonyl (C=O) groups excluding carboxylic acids is 1. The minimum Gasteiger partial charge on any atom is -0.352 e. The zero-order chi connectivity index (χ0) is 28.9. The van der Waals surface area contributed by atoms with Gasteiger partial charge in [-0.3, -0.25) is 4.79 Å². The van der Waals surface area contributed by atoms with Crippen molar-refractivity contribution in [1.82, 2.24) is 15.3 Å². The molecule has 5 nitrogen and oxygen atoms in total. The standard InChI is InChI=1S/C21H16F12N4O/c1-10(38)34-7-11-8-35-16(36-15(11)20(28,29)30)37-3-2-17(9-37,21(31,32)33)12-4-13(18(22,23)24)6-14(5-12)19(25,26)27/h4-6,8H,2-3,7,9H2,1H3,(H,34,38). The molecule has 0 spiro atoms. The first-order valence-electron chi connectivity index (χ1n) is 10.4. The summed E-state index contributed by atoms with van der Waals surface area (Å²) in [5, 5.41) is 2.09. The van der Waals surface area contributed by atoms with E-state index >= 15 is 0 Å². The number of amides is 1. The largest absolute Gasteiger partial charge is 0.433 e. The van der Waals surface area contributed by atoms with Crippen LogP contribution in [0.1, 0.15) is 41.3 Å². The Balaban J connectivity index is 2.11. The van der Waals surface area contributed by atoms with Crippen molar-refractivity contribution in [2.75, 3.05) is 18.0 Å². The van der Waals surface area contributed by atoms with Crippen LogP contribution in [0.15, 0.2) is 24.4 Å². The molecule has 3 rings (SSSR count). The van der Waals surface area contributed by atoms with Gasteiger partial charge >= 0.3 is 24.7 Å². The van der Waals surface area contributed by atoms with Crippen LogP contribution in [0.25, 0.3) is 0 Å². The fraction of sp³-hybridized carbons (Fsp3) is 0.476. The predicted molar refractivity (Wildman–Crippen MR) is 106 cm³/mol. The first-order valence-corrected chi connectivity index (χ1v) is 10.4. The summed E-state index contributed by atoms with van der Waals surface area (Å²) in [5.74, 6) is -1.57. The number of nitrogens with zero attached hydrogens (tertiary/aromatic N) is 3. The molecule has 1 aliphatic heterocycles. The average molecular weight is 568 g/mol. The molecule has 1 amide bonds. The fourth-order valence-electron chi connectivity index (χ4n) is 3.99. The number of halogens is 12. The Morgan fingerprint density at radius 3 is 1.92 bits per heavy atom. The Morgan fingerprint density at radius 2 is 1.47 bits per heavy atom. The zero-order valence-electron chi connectivity index (χ0n) is 18.9. The average Bonchev–Trinajstić information content (AvgIpc) is 3.22. The summed E-state index contributed by atoms with van der Waals surface area (Å²) < 4.78 is 163. The summed E-state index contributed by atoms with van der Waals surface area (Å²) >= 11 is 0. The highest BCUT2D eigenvalue weighted by atomic mass is 19.4. The molecule has 38 heavy (non-hydrogen) atoms. The molecule has 1 unspecified atom stereocenters. The lowest BCUT2D eigenvalue weighted by molar-refractivity contribution is -0.185. The third-order valence-corrected chi connectivity index (χ3v) is 5.88. The molecule has 0 saturated carbocycles. The smallest absolute Gasteiger partial charge is 0.352 e. The van der Waals surface area contributed by atoms with E-state index in [0.717, 1.165) is 6.92 Å². The molecule has 1 aromatic heterocycles. The number of anilines is 1. The highest BCUT2D eigenvalue weighted by Gasteiger charge is 2.60. The van der Waals surface area contributed by atoms with Gasteiger partial charge in [0.25, 0.3) is 0 Å². The summed E-state index contributed by atoms with van der Waals surface area (Å²) in [6, 6.07) is -0.428. The van der Waals surface area contributed by atoms with E-state index in [2.05, 4.69) is 15.3 Å². The Morgan fingerprint density at radius 1 is 0.921 bits per heavy atom. The summed E-state index contributed by atoms with van der Waals surface area (Å²) in [4.78, 5) is 18.5. The summed E-state index contributed by atoms with van der Waals surface area (Å²) in [7, 11) is 0. The van der Waals surface area contributed by atoms with Gasteiger partial charge in [-0.1, -0.05) is 0 Å². The third-order valence-electron chi connectivity index (χ3n) is 5.88. The lowest BCUT2D eigenvalue weighted by Gasteiger charge is -2.33. The van der Waals surface area contributed by atoms with E-state index < -0.39 is 96.0 Å². The molecule has 17 heteroatoms. The van der Waals surface area contributed by atoms with Gasteiger partial charge in [0.15, 0.2) is 5.69 Å². The number of benzene rings is 1. The van der Waals surface area contributed by atoms with Gasteiger partial charge in [-0.2, -0.15) is 52.7 Å². The van der Waals surface area contributed by atoms with Crippen molar-refractivity contribution in [2.45, 2.75) is 50.0 Å². The molecule has 1 aromatic carbocycles. The van der Waals surface area contributed by atoms with E-state index in [1.54, 1.807) is 0 Å².